The van der Waals surface area contributed by atoms with Crippen molar-refractivity contribution in [3.05, 3.63) is 28.3 Å². The van der Waals surface area contributed by atoms with E-state index in [4.69, 9.17) is 5.11 Å². The molecule has 0 aliphatic rings. The highest BCUT2D eigenvalue weighted by Gasteiger charge is 2.17. The summed E-state index contributed by atoms with van der Waals surface area (Å²) in [4.78, 5) is 20.9. The molecule has 1 atom stereocenters. The van der Waals surface area contributed by atoms with E-state index < -0.39 is 10.9 Å². The molecule has 1 aromatic carbocycles. The second-order valence-corrected chi connectivity index (χ2v) is 3.87. The third-order valence-corrected chi connectivity index (χ3v) is 2.32. The average molecular weight is 236 g/mol. The summed E-state index contributed by atoms with van der Waals surface area (Å²) in [6, 6.07) is 4.36. The average Bonchev–Trinajstić information content (AvgIpc) is 2.19. The number of aliphatic carboxylic acids is 1. The Balaban J connectivity index is 2.96. The van der Waals surface area contributed by atoms with Gasteiger partial charge in [0, 0.05) is 12.1 Å². The second kappa shape index (κ2) is 5.33. The molecule has 90 valence electrons. The van der Waals surface area contributed by atoms with E-state index in [1.165, 1.54) is 6.07 Å². The second-order valence-electron chi connectivity index (χ2n) is 3.87. The summed E-state index contributed by atoms with van der Waals surface area (Å²) >= 11 is 0. The van der Waals surface area contributed by atoms with Crippen molar-refractivity contribution in [3.8, 4) is 0 Å². The molecule has 1 aromatic rings. The van der Waals surface area contributed by atoms with Gasteiger partial charge < -0.3 is 10.4 Å². The summed E-state index contributed by atoms with van der Waals surface area (Å²) in [6.07, 6.45) is -0.0918. The fourth-order valence-electron chi connectivity index (χ4n) is 1.55. The lowest BCUT2D eigenvalue weighted by Crippen LogP contribution is -2.24. The van der Waals surface area contributed by atoms with Gasteiger partial charge in [-0.2, -0.15) is 0 Å². The molecule has 0 fully saturated rings. The van der Waals surface area contributed by atoms with Crippen molar-refractivity contribution in [1.82, 2.24) is 0 Å². The number of nitro groups is 1. The third-order valence-electron chi connectivity index (χ3n) is 2.32. The zero-order valence-electron chi connectivity index (χ0n) is 9.64. The van der Waals surface area contributed by atoms with Gasteiger partial charge >= 0.3 is 5.97 Å². The van der Waals surface area contributed by atoms with E-state index in [1.54, 1.807) is 26.9 Å². The molecular weight excluding hydrogens is 223 g/mol. The summed E-state index contributed by atoms with van der Waals surface area (Å²) in [7, 11) is 1.74. The minimum atomic E-state index is -0.943. The molecule has 0 radical (unpaired) electrons. The Bertz CT molecular complexity index is 450. The van der Waals surface area contributed by atoms with Gasteiger partial charge in [-0.25, -0.2) is 0 Å². The van der Waals surface area contributed by atoms with Gasteiger partial charge in [0.1, 0.15) is 13.5 Å². The van der Waals surface area contributed by atoms with E-state index in [-0.39, 0.29) is 18.2 Å². The summed E-state index contributed by atoms with van der Waals surface area (Å²) in [5, 5.41) is 22.3. The topological polar surface area (TPSA) is 92.5 Å². The van der Waals surface area contributed by atoms with Crippen LogP contribution in [0.2, 0.25) is 0 Å². The molecule has 6 nitrogen and oxygen atoms in total. The van der Waals surface area contributed by atoms with Crippen molar-refractivity contribution < 1.29 is 14.8 Å². The predicted octanol–water partition coefficient (Wildman–Crippen LogP) is 0.128. The number of carboxylic acids is 1. The maximum absolute atomic E-state index is 10.8. The van der Waals surface area contributed by atoms with Gasteiger partial charge in [0.05, 0.1) is 11.3 Å². The standard InChI is InChI=1S/C10H13BN2O4/c1-6(5-9(14)15)12-10-7(11)3-2-4-8(10)13(16)17/h2-4,6,12H,5,11H2,1H3,(H,14,15)/t6-/m1/s1. The van der Waals surface area contributed by atoms with Crippen LogP contribution in [0.4, 0.5) is 11.4 Å². The van der Waals surface area contributed by atoms with Crippen molar-refractivity contribution >= 4 is 30.7 Å². The van der Waals surface area contributed by atoms with Crippen LogP contribution in [0.3, 0.4) is 0 Å². The number of carbonyl (C=O) groups is 1. The van der Waals surface area contributed by atoms with Crippen LogP contribution >= 0.6 is 0 Å². The van der Waals surface area contributed by atoms with Crippen LogP contribution in [-0.2, 0) is 4.79 Å². The van der Waals surface area contributed by atoms with Gasteiger partial charge in [0.15, 0.2) is 0 Å². The first-order valence-electron chi connectivity index (χ1n) is 5.14. The van der Waals surface area contributed by atoms with E-state index in [0.29, 0.717) is 5.69 Å². The van der Waals surface area contributed by atoms with Crippen LogP contribution in [0.15, 0.2) is 18.2 Å². The fourth-order valence-corrected chi connectivity index (χ4v) is 1.55. The number of carboxylic acid groups (broad SMARTS) is 1. The molecule has 0 amide bonds. The first kappa shape index (κ1) is 13.0. The highest BCUT2D eigenvalue weighted by atomic mass is 16.6. The van der Waals surface area contributed by atoms with Gasteiger partial charge in [0.25, 0.3) is 5.69 Å². The molecule has 0 spiro atoms. The molecular formula is C10H13BN2O4. The molecule has 0 saturated heterocycles. The molecule has 1 rings (SSSR count). The van der Waals surface area contributed by atoms with E-state index in [1.807, 2.05) is 0 Å². The Labute approximate surface area is 99.2 Å². The van der Waals surface area contributed by atoms with Gasteiger partial charge in [0.2, 0.25) is 0 Å². The highest BCUT2D eigenvalue weighted by molar-refractivity contribution is 6.36. The molecule has 0 saturated carbocycles. The Hall–Kier alpha value is -2.05. The van der Waals surface area contributed by atoms with E-state index in [0.717, 1.165) is 5.46 Å². The number of para-hydroxylation sites is 1. The molecule has 0 unspecified atom stereocenters. The van der Waals surface area contributed by atoms with Crippen LogP contribution in [0, 0.1) is 10.1 Å². The maximum atomic E-state index is 10.8. The van der Waals surface area contributed by atoms with E-state index >= 15 is 0 Å². The minimum Gasteiger partial charge on any atom is -0.481 e. The summed E-state index contributed by atoms with van der Waals surface area (Å²) < 4.78 is 0. The molecule has 0 bridgehead atoms. The normalized spacial score (nSPS) is 11.8. The van der Waals surface area contributed by atoms with E-state index in [9.17, 15) is 14.9 Å². The number of hydrogen-bond acceptors (Lipinski definition) is 4. The number of nitrogens with one attached hydrogen (secondary N) is 1. The largest absolute Gasteiger partial charge is 0.481 e. The number of nitro benzene ring substituents is 1. The summed E-state index contributed by atoms with van der Waals surface area (Å²) in [5.74, 6) is -0.943. The number of nitrogens with zero attached hydrogens (tertiary/aromatic N) is 1. The van der Waals surface area contributed by atoms with Crippen molar-refractivity contribution in [2.24, 2.45) is 0 Å². The lowest BCUT2D eigenvalue weighted by molar-refractivity contribution is -0.383. The molecule has 7 heteroatoms. The Kier molecular flexibility index (Phi) is 4.09. The molecule has 0 heterocycles. The highest BCUT2D eigenvalue weighted by Crippen LogP contribution is 2.22. The smallest absolute Gasteiger partial charge is 0.305 e. The number of rotatable bonds is 5. The number of benzene rings is 1. The molecule has 0 aliphatic carbocycles. The van der Waals surface area contributed by atoms with Gasteiger partial charge in [-0.15, -0.1) is 0 Å². The molecule has 2 N–H and O–H groups in total. The molecule has 0 aromatic heterocycles. The zero-order valence-corrected chi connectivity index (χ0v) is 9.64. The third kappa shape index (κ3) is 3.48. The first-order chi connectivity index (χ1) is 7.91. The maximum Gasteiger partial charge on any atom is 0.305 e. The fraction of sp³-hybridized carbons (Fsp3) is 0.300. The van der Waals surface area contributed by atoms with E-state index in [2.05, 4.69) is 5.32 Å². The Morgan fingerprint density at radius 2 is 2.29 bits per heavy atom. The first-order valence-corrected chi connectivity index (χ1v) is 5.14. The Morgan fingerprint density at radius 3 is 2.82 bits per heavy atom. The van der Waals surface area contributed by atoms with Gasteiger partial charge in [-0.05, 0) is 6.92 Å². The van der Waals surface area contributed by atoms with Crippen LogP contribution < -0.4 is 10.8 Å². The SMILES string of the molecule is Bc1cccc([N+](=O)[O-])c1N[C@H](C)CC(=O)O. The van der Waals surface area contributed by atoms with Crippen LogP contribution in [-0.4, -0.2) is 29.9 Å². The monoisotopic (exact) mass is 236 g/mol. The van der Waals surface area contributed by atoms with Crippen molar-refractivity contribution in [2.45, 2.75) is 19.4 Å². The number of anilines is 1. The summed E-state index contributed by atoms with van der Waals surface area (Å²) in [6.45, 7) is 1.67. The van der Waals surface area contributed by atoms with Crippen LogP contribution in [0.1, 0.15) is 13.3 Å². The quantitative estimate of drug-likeness (QED) is 0.430. The van der Waals surface area contributed by atoms with Crippen molar-refractivity contribution in [1.29, 1.82) is 0 Å². The Morgan fingerprint density at radius 1 is 1.65 bits per heavy atom. The van der Waals surface area contributed by atoms with Crippen molar-refractivity contribution in [2.75, 3.05) is 5.32 Å². The lowest BCUT2D eigenvalue weighted by atomic mass is 9.93. The van der Waals surface area contributed by atoms with Gasteiger partial charge in [-0.1, -0.05) is 17.6 Å². The minimum absolute atomic E-state index is 0.0396. The predicted molar refractivity (Wildman–Crippen MR) is 66.6 cm³/mol. The molecule has 17 heavy (non-hydrogen) atoms. The lowest BCUT2D eigenvalue weighted by Gasteiger charge is -2.15. The summed E-state index contributed by atoms with van der Waals surface area (Å²) in [5.41, 5.74) is 1.06. The molecule has 0 aliphatic heterocycles. The van der Waals surface area contributed by atoms with Crippen LogP contribution in [0.25, 0.3) is 0 Å². The number of hydrogen-bond donors (Lipinski definition) is 2. The van der Waals surface area contributed by atoms with Crippen molar-refractivity contribution in [3.63, 3.8) is 0 Å². The van der Waals surface area contributed by atoms with Gasteiger partial charge in [-0.3, -0.25) is 14.9 Å². The van der Waals surface area contributed by atoms with Crippen LogP contribution in [0.5, 0.6) is 0 Å². The zero-order chi connectivity index (χ0) is 13.0.